The number of primary amides is 1. The van der Waals surface area contributed by atoms with Gasteiger partial charge < -0.3 is 15.8 Å². The molecule has 32 heavy (non-hydrogen) atoms. The molecule has 0 unspecified atom stereocenters. The van der Waals surface area contributed by atoms with E-state index in [0.29, 0.717) is 24.9 Å². The van der Waals surface area contributed by atoms with Crippen molar-refractivity contribution in [1.82, 2.24) is 9.62 Å². The average Bonchev–Trinajstić information content (AvgIpc) is 3.51. The van der Waals surface area contributed by atoms with Crippen molar-refractivity contribution in [2.24, 2.45) is 23.5 Å². The van der Waals surface area contributed by atoms with Gasteiger partial charge in [0, 0.05) is 19.1 Å². The van der Waals surface area contributed by atoms with Crippen molar-refractivity contribution >= 4 is 21.8 Å². The van der Waals surface area contributed by atoms with Gasteiger partial charge in [-0.1, -0.05) is 6.42 Å². The molecule has 3 N–H and O–H groups in total. The second-order valence-electron chi connectivity index (χ2n) is 9.53. The quantitative estimate of drug-likeness (QED) is 0.613. The van der Waals surface area contributed by atoms with Crippen molar-refractivity contribution in [3.8, 4) is 5.75 Å². The zero-order chi connectivity index (χ0) is 23.0. The predicted octanol–water partition coefficient (Wildman–Crippen LogP) is 2.28. The molecular weight excluding hydrogens is 430 g/mol. The van der Waals surface area contributed by atoms with Crippen LogP contribution < -0.4 is 15.8 Å². The molecule has 1 aromatic rings. The largest absolute Gasteiger partial charge is 0.480 e. The van der Waals surface area contributed by atoms with Crippen molar-refractivity contribution < 1.29 is 22.7 Å². The van der Waals surface area contributed by atoms with Gasteiger partial charge >= 0.3 is 0 Å². The molecule has 2 saturated carbocycles. The highest BCUT2D eigenvalue weighted by Gasteiger charge is 2.42. The summed E-state index contributed by atoms with van der Waals surface area (Å²) >= 11 is 0. The van der Waals surface area contributed by atoms with Crippen LogP contribution >= 0.6 is 0 Å². The van der Waals surface area contributed by atoms with E-state index in [9.17, 15) is 18.0 Å². The number of nitrogens with zero attached hydrogens (tertiary/aromatic N) is 1. The molecule has 3 aliphatic rings. The van der Waals surface area contributed by atoms with Crippen LogP contribution in [0.15, 0.2) is 23.1 Å². The Labute approximate surface area is 189 Å². The Bertz CT molecular complexity index is 989. The molecule has 1 saturated heterocycles. The fraction of sp³-hybridized carbons (Fsp3) is 0.652. The summed E-state index contributed by atoms with van der Waals surface area (Å²) in [7, 11) is -3.70. The molecule has 5 atom stereocenters. The first kappa shape index (κ1) is 23.0. The number of amides is 2. The van der Waals surface area contributed by atoms with Crippen LogP contribution in [0.4, 0.5) is 0 Å². The molecule has 2 amide bonds. The summed E-state index contributed by atoms with van der Waals surface area (Å²) in [5.74, 6) is 1.03. The maximum atomic E-state index is 12.8. The number of nitrogens with one attached hydrogen (secondary N) is 1. The van der Waals surface area contributed by atoms with Gasteiger partial charge in [-0.3, -0.25) is 9.59 Å². The van der Waals surface area contributed by atoms with Crippen LogP contribution in [0.5, 0.6) is 5.75 Å². The molecule has 0 aromatic heterocycles. The Morgan fingerprint density at radius 1 is 1.16 bits per heavy atom. The molecular formula is C23H33N3O5S. The fourth-order valence-corrected chi connectivity index (χ4v) is 7.19. The predicted molar refractivity (Wildman–Crippen MR) is 120 cm³/mol. The molecule has 1 aromatic carbocycles. The van der Waals surface area contributed by atoms with E-state index in [1.54, 1.807) is 6.92 Å². The zero-order valence-corrected chi connectivity index (χ0v) is 19.6. The molecule has 3 fully saturated rings. The number of ether oxygens (including phenoxy) is 1. The molecule has 8 nitrogen and oxygen atoms in total. The third-order valence-electron chi connectivity index (χ3n) is 7.40. The number of carbonyl (C=O) groups excluding carboxylic acids is 2. The number of fused-ring (bicyclic) bond motifs is 2. The van der Waals surface area contributed by atoms with E-state index >= 15 is 0 Å². The first-order valence-electron chi connectivity index (χ1n) is 11.6. The fourth-order valence-electron chi connectivity index (χ4n) is 5.64. The van der Waals surface area contributed by atoms with Gasteiger partial charge in [0.15, 0.2) is 6.10 Å². The normalized spacial score (nSPS) is 27.2. The molecule has 0 spiro atoms. The van der Waals surface area contributed by atoms with Crippen LogP contribution in [0.25, 0.3) is 0 Å². The lowest BCUT2D eigenvalue weighted by molar-refractivity contribution is -0.128. The lowest BCUT2D eigenvalue weighted by Gasteiger charge is -2.29. The SMILES string of the molecule is C[C@H](Oc1ccc(S(=O)(=O)N2CCCC2)cc1C(N)=O)C(=O)N[C@@H](C)[C@@H]1C[C@H]2CC[C@H]1C2. The highest BCUT2D eigenvalue weighted by molar-refractivity contribution is 7.89. The number of benzene rings is 1. The summed E-state index contributed by atoms with van der Waals surface area (Å²) in [5.41, 5.74) is 5.45. The van der Waals surface area contributed by atoms with Crippen LogP contribution in [0.2, 0.25) is 0 Å². The second kappa shape index (κ2) is 9.02. The Hall–Kier alpha value is -2.13. The number of rotatable bonds is 8. The minimum atomic E-state index is -3.70. The summed E-state index contributed by atoms with van der Waals surface area (Å²) in [6, 6.07) is 4.12. The summed E-state index contributed by atoms with van der Waals surface area (Å²) < 4.78 is 32.8. The Kier molecular flexibility index (Phi) is 6.49. The van der Waals surface area contributed by atoms with Crippen molar-refractivity contribution in [2.45, 2.75) is 69.4 Å². The monoisotopic (exact) mass is 463 g/mol. The van der Waals surface area contributed by atoms with E-state index in [4.69, 9.17) is 10.5 Å². The van der Waals surface area contributed by atoms with Gasteiger partial charge in [-0.05, 0) is 81.9 Å². The lowest BCUT2D eigenvalue weighted by Crippen LogP contribution is -2.45. The molecule has 2 bridgehead atoms. The van der Waals surface area contributed by atoms with Crippen LogP contribution in [0.1, 0.15) is 62.7 Å². The van der Waals surface area contributed by atoms with Gasteiger partial charge in [0.05, 0.1) is 10.5 Å². The summed E-state index contributed by atoms with van der Waals surface area (Å²) in [5, 5.41) is 3.07. The number of hydrogen-bond acceptors (Lipinski definition) is 5. The molecule has 0 radical (unpaired) electrons. The van der Waals surface area contributed by atoms with Gasteiger partial charge in [-0.25, -0.2) is 8.42 Å². The Balaban J connectivity index is 1.44. The summed E-state index contributed by atoms with van der Waals surface area (Å²) in [6.45, 7) is 4.58. The van der Waals surface area contributed by atoms with Crippen molar-refractivity contribution in [3.63, 3.8) is 0 Å². The first-order valence-corrected chi connectivity index (χ1v) is 13.0. The van der Waals surface area contributed by atoms with Gasteiger partial charge in [-0.2, -0.15) is 4.31 Å². The molecule has 1 aliphatic heterocycles. The van der Waals surface area contributed by atoms with Crippen LogP contribution in [0, 0.1) is 17.8 Å². The maximum Gasteiger partial charge on any atom is 0.260 e. The minimum absolute atomic E-state index is 0.00237. The number of sulfonamides is 1. The van der Waals surface area contributed by atoms with E-state index in [1.807, 2.05) is 6.92 Å². The topological polar surface area (TPSA) is 119 Å². The van der Waals surface area contributed by atoms with Crippen molar-refractivity contribution in [2.75, 3.05) is 13.1 Å². The second-order valence-corrected chi connectivity index (χ2v) is 11.5. The van der Waals surface area contributed by atoms with Crippen LogP contribution in [-0.2, 0) is 14.8 Å². The smallest absolute Gasteiger partial charge is 0.260 e. The zero-order valence-electron chi connectivity index (χ0n) is 18.7. The van der Waals surface area contributed by atoms with Gasteiger partial charge in [0.2, 0.25) is 10.0 Å². The molecule has 2 aliphatic carbocycles. The Morgan fingerprint density at radius 2 is 1.88 bits per heavy atom. The highest BCUT2D eigenvalue weighted by Crippen LogP contribution is 2.49. The standard InChI is InChI=1S/C23H33N3O5S/c1-14(19-12-16-5-6-17(19)11-16)25-23(28)15(2)31-21-8-7-18(13-20(21)22(24)27)32(29,30)26-9-3-4-10-26/h7-8,13-17,19H,3-6,9-12H2,1-2H3,(H2,24,27)(H,25,28)/t14-,15-,16-,17-,19-/m0/s1. The molecule has 1 heterocycles. The summed E-state index contributed by atoms with van der Waals surface area (Å²) in [6.07, 6.45) is 5.77. The van der Waals surface area contributed by atoms with E-state index in [1.165, 1.54) is 48.2 Å². The van der Waals surface area contributed by atoms with Crippen LogP contribution in [-0.4, -0.2) is 49.8 Å². The van der Waals surface area contributed by atoms with Gasteiger partial charge in [0.1, 0.15) is 5.75 Å². The Morgan fingerprint density at radius 3 is 2.47 bits per heavy atom. The van der Waals surface area contributed by atoms with E-state index in [-0.39, 0.29) is 28.2 Å². The van der Waals surface area contributed by atoms with Crippen molar-refractivity contribution in [3.05, 3.63) is 23.8 Å². The lowest BCUT2D eigenvalue weighted by atomic mass is 9.84. The average molecular weight is 464 g/mol. The summed E-state index contributed by atoms with van der Waals surface area (Å²) in [4.78, 5) is 24.8. The third-order valence-corrected chi connectivity index (χ3v) is 9.29. The van der Waals surface area contributed by atoms with E-state index < -0.39 is 22.0 Å². The number of nitrogens with two attached hydrogens (primary N) is 1. The molecule has 9 heteroatoms. The maximum absolute atomic E-state index is 12.8. The van der Waals surface area contributed by atoms with Crippen molar-refractivity contribution in [1.29, 1.82) is 0 Å². The first-order chi connectivity index (χ1) is 15.2. The number of hydrogen-bond donors (Lipinski definition) is 2. The van der Waals surface area contributed by atoms with Crippen LogP contribution in [0.3, 0.4) is 0 Å². The van der Waals surface area contributed by atoms with Gasteiger partial charge in [0.25, 0.3) is 11.8 Å². The third kappa shape index (κ3) is 4.50. The minimum Gasteiger partial charge on any atom is -0.480 e. The van der Waals surface area contributed by atoms with E-state index in [0.717, 1.165) is 18.8 Å². The number of carbonyl (C=O) groups is 2. The molecule has 4 rings (SSSR count). The van der Waals surface area contributed by atoms with Gasteiger partial charge in [-0.15, -0.1) is 0 Å². The molecule has 176 valence electrons. The van der Waals surface area contributed by atoms with E-state index in [2.05, 4.69) is 5.32 Å². The highest BCUT2D eigenvalue weighted by atomic mass is 32.2.